The standard InChI is InChI=1S/C21H22N2O4/c1-14(2)25-16-5-7-17(8-6-16)26-18-9-11-19(12-10-18)27-21-20(13-24)15(3)22-23(21)4/h5-12,24H,1,13H2,2-4H3. The Morgan fingerprint density at radius 1 is 0.963 bits per heavy atom. The topological polar surface area (TPSA) is 65.7 Å². The number of aliphatic hydroxyl groups excluding tert-OH is 1. The van der Waals surface area contributed by atoms with Gasteiger partial charge in [0.15, 0.2) is 0 Å². The Labute approximate surface area is 158 Å². The van der Waals surface area contributed by atoms with E-state index in [-0.39, 0.29) is 6.61 Å². The molecule has 6 nitrogen and oxygen atoms in total. The summed E-state index contributed by atoms with van der Waals surface area (Å²) in [5.74, 6) is 3.88. The average Bonchev–Trinajstić information content (AvgIpc) is 2.90. The molecule has 140 valence electrons. The van der Waals surface area contributed by atoms with Crippen molar-refractivity contribution in [2.45, 2.75) is 20.5 Å². The SMILES string of the molecule is C=C(C)Oc1ccc(Oc2ccc(Oc3c(CO)c(C)nn3C)cc2)cc1. The molecule has 0 aliphatic rings. The molecule has 0 spiro atoms. The molecule has 1 N–H and O–H groups in total. The number of benzene rings is 2. The van der Waals surface area contributed by atoms with Gasteiger partial charge in [0.05, 0.1) is 23.6 Å². The van der Waals surface area contributed by atoms with Crippen molar-refractivity contribution in [2.24, 2.45) is 7.05 Å². The highest BCUT2D eigenvalue weighted by atomic mass is 16.5. The van der Waals surface area contributed by atoms with Crippen molar-refractivity contribution in [1.82, 2.24) is 9.78 Å². The zero-order chi connectivity index (χ0) is 19.4. The number of nitrogens with zero attached hydrogens (tertiary/aromatic N) is 2. The smallest absolute Gasteiger partial charge is 0.223 e. The molecule has 3 aromatic rings. The van der Waals surface area contributed by atoms with Crippen LogP contribution in [-0.2, 0) is 13.7 Å². The molecule has 0 bridgehead atoms. The summed E-state index contributed by atoms with van der Waals surface area (Å²) < 4.78 is 18.7. The van der Waals surface area contributed by atoms with Crippen LogP contribution >= 0.6 is 0 Å². The number of hydrogen-bond acceptors (Lipinski definition) is 5. The van der Waals surface area contributed by atoms with Crippen LogP contribution in [0.2, 0.25) is 0 Å². The summed E-state index contributed by atoms with van der Waals surface area (Å²) in [6.45, 7) is 7.22. The van der Waals surface area contributed by atoms with Crippen LogP contribution in [-0.4, -0.2) is 14.9 Å². The third-order valence-corrected chi connectivity index (χ3v) is 3.84. The summed E-state index contributed by atoms with van der Waals surface area (Å²) in [5.41, 5.74) is 1.42. The van der Waals surface area contributed by atoms with Crippen LogP contribution in [0.15, 0.2) is 60.9 Å². The number of rotatable bonds is 7. The van der Waals surface area contributed by atoms with Crippen LogP contribution in [0.4, 0.5) is 0 Å². The lowest BCUT2D eigenvalue weighted by Crippen LogP contribution is -1.97. The van der Waals surface area contributed by atoms with Crippen molar-refractivity contribution in [1.29, 1.82) is 0 Å². The lowest BCUT2D eigenvalue weighted by Gasteiger charge is -2.10. The maximum Gasteiger partial charge on any atom is 0.223 e. The molecule has 0 unspecified atom stereocenters. The Morgan fingerprint density at radius 2 is 1.44 bits per heavy atom. The lowest BCUT2D eigenvalue weighted by molar-refractivity contribution is 0.274. The van der Waals surface area contributed by atoms with E-state index in [0.29, 0.717) is 40.2 Å². The first-order chi connectivity index (χ1) is 13.0. The van der Waals surface area contributed by atoms with E-state index < -0.39 is 0 Å². The Morgan fingerprint density at radius 3 is 1.93 bits per heavy atom. The molecule has 3 rings (SSSR count). The molecular weight excluding hydrogens is 344 g/mol. The molecule has 0 fully saturated rings. The number of allylic oxidation sites excluding steroid dienone is 1. The van der Waals surface area contributed by atoms with Crippen LogP contribution in [0.1, 0.15) is 18.2 Å². The molecule has 1 aromatic heterocycles. The molecule has 0 aliphatic heterocycles. The van der Waals surface area contributed by atoms with Crippen LogP contribution in [0.25, 0.3) is 0 Å². The van der Waals surface area contributed by atoms with Gasteiger partial charge in [-0.3, -0.25) is 0 Å². The second-order valence-corrected chi connectivity index (χ2v) is 6.10. The Hall–Kier alpha value is -3.25. The Balaban J connectivity index is 1.68. The van der Waals surface area contributed by atoms with Crippen molar-refractivity contribution in [3.8, 4) is 28.9 Å². The average molecular weight is 366 g/mol. The summed E-state index contributed by atoms with van der Waals surface area (Å²) in [5, 5.41) is 13.8. The second-order valence-electron chi connectivity index (χ2n) is 6.10. The molecule has 6 heteroatoms. The second kappa shape index (κ2) is 7.97. The first-order valence-corrected chi connectivity index (χ1v) is 8.49. The van der Waals surface area contributed by atoms with Crippen molar-refractivity contribution in [3.63, 3.8) is 0 Å². The maximum atomic E-state index is 9.50. The van der Waals surface area contributed by atoms with E-state index in [0.717, 1.165) is 5.69 Å². The maximum absolute atomic E-state index is 9.50. The van der Waals surface area contributed by atoms with Crippen LogP contribution in [0.5, 0.6) is 28.9 Å². The monoisotopic (exact) mass is 366 g/mol. The van der Waals surface area contributed by atoms with E-state index in [2.05, 4.69) is 11.7 Å². The van der Waals surface area contributed by atoms with Gasteiger partial charge < -0.3 is 19.3 Å². The van der Waals surface area contributed by atoms with Crippen molar-refractivity contribution < 1.29 is 19.3 Å². The normalized spacial score (nSPS) is 10.5. The van der Waals surface area contributed by atoms with Crippen LogP contribution in [0.3, 0.4) is 0 Å². The first-order valence-electron chi connectivity index (χ1n) is 8.49. The van der Waals surface area contributed by atoms with Gasteiger partial charge >= 0.3 is 0 Å². The summed E-state index contributed by atoms with van der Waals surface area (Å²) >= 11 is 0. The molecule has 0 aliphatic carbocycles. The molecule has 0 saturated heterocycles. The summed E-state index contributed by atoms with van der Waals surface area (Å²) in [4.78, 5) is 0. The van der Waals surface area contributed by atoms with E-state index in [1.165, 1.54) is 0 Å². The van der Waals surface area contributed by atoms with E-state index in [9.17, 15) is 5.11 Å². The van der Waals surface area contributed by atoms with Gasteiger partial charge in [0.1, 0.15) is 23.0 Å². The first kappa shape index (κ1) is 18.5. The molecule has 0 saturated carbocycles. The fourth-order valence-electron chi connectivity index (χ4n) is 2.59. The van der Waals surface area contributed by atoms with Gasteiger partial charge in [-0.2, -0.15) is 5.10 Å². The molecule has 0 radical (unpaired) electrons. The number of ether oxygens (including phenoxy) is 3. The minimum atomic E-state index is -0.124. The summed E-state index contributed by atoms with van der Waals surface area (Å²) in [7, 11) is 1.78. The summed E-state index contributed by atoms with van der Waals surface area (Å²) in [6.07, 6.45) is 0. The third-order valence-electron chi connectivity index (χ3n) is 3.84. The Kier molecular flexibility index (Phi) is 5.47. The van der Waals surface area contributed by atoms with Gasteiger partial charge in [0.2, 0.25) is 5.88 Å². The number of hydrogen-bond donors (Lipinski definition) is 1. The predicted octanol–water partition coefficient (Wildman–Crippen LogP) is 4.72. The Bertz CT molecular complexity index is 928. The summed E-state index contributed by atoms with van der Waals surface area (Å²) in [6, 6.07) is 14.5. The van der Waals surface area contributed by atoms with Crippen molar-refractivity contribution >= 4 is 0 Å². The van der Waals surface area contributed by atoms with Crippen LogP contribution in [0, 0.1) is 6.92 Å². The van der Waals surface area contributed by atoms with Gasteiger partial charge in [0, 0.05) is 7.05 Å². The lowest BCUT2D eigenvalue weighted by atomic mass is 10.2. The molecule has 0 amide bonds. The highest BCUT2D eigenvalue weighted by Crippen LogP contribution is 2.30. The van der Waals surface area contributed by atoms with Crippen molar-refractivity contribution in [3.05, 3.63) is 72.1 Å². The van der Waals surface area contributed by atoms with Crippen LogP contribution < -0.4 is 14.2 Å². The fourth-order valence-corrected chi connectivity index (χ4v) is 2.59. The highest BCUT2D eigenvalue weighted by molar-refractivity contribution is 5.40. The minimum absolute atomic E-state index is 0.124. The van der Waals surface area contributed by atoms with Gasteiger partial charge in [-0.25, -0.2) is 4.68 Å². The van der Waals surface area contributed by atoms with E-state index >= 15 is 0 Å². The third kappa shape index (κ3) is 4.48. The number of aryl methyl sites for hydroxylation is 2. The fraction of sp³-hybridized carbons (Fsp3) is 0.190. The van der Waals surface area contributed by atoms with E-state index in [1.807, 2.05) is 43.3 Å². The zero-order valence-electron chi connectivity index (χ0n) is 15.6. The highest BCUT2D eigenvalue weighted by Gasteiger charge is 2.14. The molecular formula is C21H22N2O4. The predicted molar refractivity (Wildman–Crippen MR) is 102 cm³/mol. The van der Waals surface area contributed by atoms with Crippen molar-refractivity contribution in [2.75, 3.05) is 0 Å². The molecule has 27 heavy (non-hydrogen) atoms. The number of aliphatic hydroxyl groups is 1. The van der Waals surface area contributed by atoms with E-state index in [4.69, 9.17) is 14.2 Å². The number of aromatic nitrogens is 2. The zero-order valence-corrected chi connectivity index (χ0v) is 15.6. The van der Waals surface area contributed by atoms with E-state index in [1.54, 1.807) is 30.8 Å². The van der Waals surface area contributed by atoms with Gasteiger partial charge in [-0.15, -0.1) is 0 Å². The van der Waals surface area contributed by atoms with Gasteiger partial charge in [0.25, 0.3) is 0 Å². The van der Waals surface area contributed by atoms with Gasteiger partial charge in [-0.05, 0) is 62.4 Å². The van der Waals surface area contributed by atoms with Gasteiger partial charge in [-0.1, -0.05) is 6.58 Å². The molecule has 0 atom stereocenters. The largest absolute Gasteiger partial charge is 0.463 e. The molecule has 1 heterocycles. The minimum Gasteiger partial charge on any atom is -0.463 e. The quantitative estimate of drug-likeness (QED) is 0.613. The molecule has 2 aromatic carbocycles.